The van der Waals surface area contributed by atoms with Crippen molar-refractivity contribution in [3.05, 3.63) is 59.6 Å². The van der Waals surface area contributed by atoms with Crippen LogP contribution in [-0.2, 0) is 11.3 Å². The summed E-state index contributed by atoms with van der Waals surface area (Å²) in [6.45, 7) is 4.86. The fourth-order valence-electron chi connectivity index (χ4n) is 3.05. The first-order valence-electron chi connectivity index (χ1n) is 8.62. The molecule has 1 aliphatic heterocycles. The second kappa shape index (κ2) is 11.6. The second-order valence-electron chi connectivity index (χ2n) is 6.39. The lowest BCUT2D eigenvalue weighted by atomic mass is 10.2. The average molecular weight is 426 g/mol. The lowest BCUT2D eigenvalue weighted by molar-refractivity contribution is -0.124. The van der Waals surface area contributed by atoms with Gasteiger partial charge in [-0.1, -0.05) is 30.3 Å². The Hall–Kier alpha value is -2.19. The van der Waals surface area contributed by atoms with Crippen molar-refractivity contribution >= 4 is 42.6 Å². The van der Waals surface area contributed by atoms with Crippen LogP contribution in [0.2, 0.25) is 0 Å². The molecule has 2 aromatic rings. The molecule has 0 aliphatic carbocycles. The summed E-state index contributed by atoms with van der Waals surface area (Å²) in [4.78, 5) is 22.3. The van der Waals surface area contributed by atoms with Crippen molar-refractivity contribution in [3.63, 3.8) is 0 Å². The number of aromatic nitrogens is 2. The Morgan fingerprint density at radius 1 is 1.32 bits per heavy atom. The van der Waals surface area contributed by atoms with Gasteiger partial charge < -0.3 is 5.32 Å². The maximum absolute atomic E-state index is 11.0. The number of nitrogens with zero attached hydrogens (tertiary/aromatic N) is 3. The molecule has 0 radical (unpaired) electrons. The zero-order valence-electron chi connectivity index (χ0n) is 15.5. The third-order valence-electron chi connectivity index (χ3n) is 4.34. The summed E-state index contributed by atoms with van der Waals surface area (Å²) in [6.07, 6.45) is 5.38. The van der Waals surface area contributed by atoms with Gasteiger partial charge in [-0.25, -0.2) is 15.4 Å². The van der Waals surface area contributed by atoms with E-state index in [1.165, 1.54) is 23.2 Å². The first-order chi connectivity index (χ1) is 12.6. The van der Waals surface area contributed by atoms with E-state index in [0.29, 0.717) is 11.7 Å². The molecule has 1 atom stereocenters. The standard InChI is InChI=1S/C19H23N5O2.2ClH/c1-14-19(20-11-16(21-14)7-8-18(25)23-26)22-17-9-10-24(13-17)12-15-5-3-2-4-6-15;;/h2-8,11,17,26H,9-10,12-13H2,1H3,(H,20,22)(H,23,25);2*1H/b8-7+;;/t17-;;/m1../s1. The number of aryl methyl sites for hydroxylation is 1. The topological polar surface area (TPSA) is 90.4 Å². The minimum absolute atomic E-state index is 0. The Bertz CT molecular complexity index is 789. The van der Waals surface area contributed by atoms with Crippen molar-refractivity contribution in [2.75, 3.05) is 18.4 Å². The number of hydrogen-bond donors (Lipinski definition) is 3. The van der Waals surface area contributed by atoms with Gasteiger partial charge in [0.2, 0.25) is 0 Å². The van der Waals surface area contributed by atoms with Crippen molar-refractivity contribution in [1.82, 2.24) is 20.3 Å². The Morgan fingerprint density at radius 2 is 2.07 bits per heavy atom. The van der Waals surface area contributed by atoms with E-state index in [-0.39, 0.29) is 24.8 Å². The van der Waals surface area contributed by atoms with E-state index in [1.54, 1.807) is 6.20 Å². The summed E-state index contributed by atoms with van der Waals surface area (Å²) in [5, 5.41) is 12.0. The monoisotopic (exact) mass is 425 g/mol. The number of carbonyl (C=O) groups excluding carboxylic acids is 1. The molecule has 9 heteroatoms. The van der Waals surface area contributed by atoms with E-state index < -0.39 is 5.91 Å². The summed E-state index contributed by atoms with van der Waals surface area (Å²) >= 11 is 0. The number of nitrogens with one attached hydrogen (secondary N) is 2. The van der Waals surface area contributed by atoms with Crippen LogP contribution in [0.15, 0.2) is 42.6 Å². The smallest absolute Gasteiger partial charge is 0.267 e. The summed E-state index contributed by atoms with van der Waals surface area (Å²) in [5.74, 6) is 0.163. The molecule has 152 valence electrons. The molecule has 28 heavy (non-hydrogen) atoms. The summed E-state index contributed by atoms with van der Waals surface area (Å²) < 4.78 is 0. The van der Waals surface area contributed by atoms with Crippen molar-refractivity contribution in [2.24, 2.45) is 0 Å². The number of likely N-dealkylation sites (tertiary alicyclic amines) is 1. The first-order valence-corrected chi connectivity index (χ1v) is 8.62. The molecule has 1 fully saturated rings. The van der Waals surface area contributed by atoms with Crippen LogP contribution in [0.1, 0.15) is 23.4 Å². The molecular formula is C19H25Cl2N5O2. The highest BCUT2D eigenvalue weighted by Gasteiger charge is 2.23. The van der Waals surface area contributed by atoms with E-state index in [0.717, 1.165) is 37.6 Å². The molecule has 2 heterocycles. The van der Waals surface area contributed by atoms with Crippen molar-refractivity contribution < 1.29 is 10.0 Å². The van der Waals surface area contributed by atoms with Gasteiger partial charge in [-0.15, -0.1) is 24.8 Å². The van der Waals surface area contributed by atoms with Gasteiger partial charge in [0.15, 0.2) is 0 Å². The SMILES string of the molecule is Cc1nc(/C=C/C(=O)NO)cnc1N[C@@H]1CCN(Cc2ccccc2)C1.Cl.Cl. The van der Waals surface area contributed by atoms with E-state index in [2.05, 4.69) is 44.5 Å². The molecule has 1 saturated heterocycles. The predicted octanol–water partition coefficient (Wildman–Crippen LogP) is 2.83. The third-order valence-corrected chi connectivity index (χ3v) is 4.34. The number of hydroxylamine groups is 1. The van der Waals surface area contributed by atoms with Crippen LogP contribution in [0.3, 0.4) is 0 Å². The molecule has 1 amide bonds. The van der Waals surface area contributed by atoms with E-state index >= 15 is 0 Å². The molecule has 0 spiro atoms. The Balaban J connectivity index is 0.00000196. The van der Waals surface area contributed by atoms with Crippen molar-refractivity contribution in [2.45, 2.75) is 25.9 Å². The number of rotatable bonds is 6. The van der Waals surface area contributed by atoms with Crippen LogP contribution < -0.4 is 10.8 Å². The third kappa shape index (κ3) is 6.76. The largest absolute Gasteiger partial charge is 0.365 e. The minimum atomic E-state index is -0.601. The van der Waals surface area contributed by atoms with Gasteiger partial charge in [0.05, 0.1) is 17.6 Å². The fraction of sp³-hybridized carbons (Fsp3) is 0.316. The van der Waals surface area contributed by atoms with E-state index in [9.17, 15) is 4.79 Å². The normalized spacial score (nSPS) is 16.3. The molecule has 1 aromatic heterocycles. The molecular weight excluding hydrogens is 401 g/mol. The molecule has 3 N–H and O–H groups in total. The van der Waals surface area contributed by atoms with Gasteiger partial charge in [0.1, 0.15) is 5.82 Å². The highest BCUT2D eigenvalue weighted by Crippen LogP contribution is 2.18. The molecule has 1 aromatic carbocycles. The quantitative estimate of drug-likeness (QED) is 0.374. The van der Waals surface area contributed by atoms with Crippen LogP contribution in [0.5, 0.6) is 0 Å². The van der Waals surface area contributed by atoms with Gasteiger partial charge in [0.25, 0.3) is 5.91 Å². The van der Waals surface area contributed by atoms with Gasteiger partial charge in [-0.3, -0.25) is 14.9 Å². The zero-order valence-corrected chi connectivity index (χ0v) is 17.2. The van der Waals surface area contributed by atoms with Gasteiger partial charge >= 0.3 is 0 Å². The number of carbonyl (C=O) groups is 1. The van der Waals surface area contributed by atoms with Gasteiger partial charge in [-0.2, -0.15) is 0 Å². The van der Waals surface area contributed by atoms with Crippen LogP contribution in [0, 0.1) is 6.92 Å². The zero-order chi connectivity index (χ0) is 18.4. The van der Waals surface area contributed by atoms with E-state index in [4.69, 9.17) is 5.21 Å². The lowest BCUT2D eigenvalue weighted by Gasteiger charge is -2.17. The molecule has 7 nitrogen and oxygen atoms in total. The predicted molar refractivity (Wildman–Crippen MR) is 114 cm³/mol. The van der Waals surface area contributed by atoms with Gasteiger partial charge in [0, 0.05) is 31.8 Å². The summed E-state index contributed by atoms with van der Waals surface area (Å²) in [5.41, 5.74) is 4.21. The fourth-order valence-corrected chi connectivity index (χ4v) is 3.05. The number of anilines is 1. The van der Waals surface area contributed by atoms with Crippen LogP contribution in [0.25, 0.3) is 6.08 Å². The number of hydrogen-bond acceptors (Lipinski definition) is 6. The highest BCUT2D eigenvalue weighted by molar-refractivity contribution is 5.90. The maximum atomic E-state index is 11.0. The van der Waals surface area contributed by atoms with Gasteiger partial charge in [-0.05, 0) is 25.0 Å². The van der Waals surface area contributed by atoms with Crippen LogP contribution in [0.4, 0.5) is 5.82 Å². The molecule has 0 saturated carbocycles. The highest BCUT2D eigenvalue weighted by atomic mass is 35.5. The van der Waals surface area contributed by atoms with Crippen LogP contribution >= 0.6 is 24.8 Å². The van der Waals surface area contributed by atoms with Crippen molar-refractivity contribution in [3.8, 4) is 0 Å². The Morgan fingerprint density at radius 3 is 2.75 bits per heavy atom. The van der Waals surface area contributed by atoms with E-state index in [1.807, 2.05) is 13.0 Å². The Labute approximate surface area is 177 Å². The van der Waals surface area contributed by atoms with Crippen LogP contribution in [-0.4, -0.2) is 45.1 Å². The first kappa shape index (κ1) is 23.8. The molecule has 3 rings (SSSR count). The summed E-state index contributed by atoms with van der Waals surface area (Å²) in [7, 11) is 0. The number of amides is 1. The maximum Gasteiger partial charge on any atom is 0.267 e. The molecule has 1 aliphatic rings. The van der Waals surface area contributed by atoms with Crippen molar-refractivity contribution in [1.29, 1.82) is 0 Å². The number of benzene rings is 1. The molecule has 0 bridgehead atoms. The minimum Gasteiger partial charge on any atom is -0.365 e. The average Bonchev–Trinajstić information content (AvgIpc) is 3.09. The molecule has 0 unspecified atom stereocenters. The Kier molecular flexibility index (Phi) is 9.89. The number of halogens is 2. The lowest BCUT2D eigenvalue weighted by Crippen LogP contribution is -2.26. The summed E-state index contributed by atoms with van der Waals surface area (Å²) in [6, 6.07) is 10.8. The second-order valence-corrected chi connectivity index (χ2v) is 6.39.